The fourth-order valence-electron chi connectivity index (χ4n) is 3.90. The summed E-state index contributed by atoms with van der Waals surface area (Å²) < 4.78 is 13.1. The van der Waals surface area contributed by atoms with Gasteiger partial charge in [-0.2, -0.15) is 0 Å². The van der Waals surface area contributed by atoms with Crippen molar-refractivity contribution in [2.45, 2.75) is 63.4 Å². The Kier molecular flexibility index (Phi) is 9.42. The van der Waals surface area contributed by atoms with Crippen LogP contribution < -0.4 is 5.32 Å². The topological polar surface area (TPSA) is 49.4 Å². The Balaban J connectivity index is 1.64. The number of hydrogen-bond acceptors (Lipinski definition) is 3. The van der Waals surface area contributed by atoms with Crippen molar-refractivity contribution in [1.29, 1.82) is 0 Å². The molecular weight excluding hydrogens is 447 g/mol. The lowest BCUT2D eigenvalue weighted by molar-refractivity contribution is -0.139. The second-order valence-corrected chi connectivity index (χ2v) is 9.71. The van der Waals surface area contributed by atoms with Crippen molar-refractivity contribution in [1.82, 2.24) is 10.2 Å². The van der Waals surface area contributed by atoms with Crippen LogP contribution in [0.2, 0.25) is 5.02 Å². The Morgan fingerprint density at radius 3 is 2.53 bits per heavy atom. The Morgan fingerprint density at radius 2 is 1.84 bits per heavy atom. The van der Waals surface area contributed by atoms with Crippen LogP contribution in [-0.2, 0) is 21.9 Å². The van der Waals surface area contributed by atoms with Crippen molar-refractivity contribution < 1.29 is 14.0 Å². The standard InChI is InChI=1S/C25H30ClFN2O2S/c1-18(25(31)28-23-8-3-2-4-9-23)29(15-20-6-5-7-21(26)14-20)24(30)17-32-16-19-10-12-22(27)13-11-19/h5-7,10-14,18,23H,2-4,8-9,15-17H2,1H3,(H,28,31)/t18-/m1/s1. The Bertz CT molecular complexity index is 903. The van der Waals surface area contributed by atoms with Gasteiger partial charge in [-0.05, 0) is 55.2 Å². The summed E-state index contributed by atoms with van der Waals surface area (Å²) in [5, 5.41) is 3.73. The van der Waals surface area contributed by atoms with Crippen molar-refractivity contribution >= 4 is 35.2 Å². The molecule has 0 bridgehead atoms. The summed E-state index contributed by atoms with van der Waals surface area (Å²) in [5.41, 5.74) is 1.83. The van der Waals surface area contributed by atoms with E-state index in [0.29, 0.717) is 17.3 Å². The van der Waals surface area contributed by atoms with Gasteiger partial charge in [0, 0.05) is 23.4 Å². The van der Waals surface area contributed by atoms with Crippen molar-refractivity contribution in [2.24, 2.45) is 0 Å². The first-order valence-electron chi connectivity index (χ1n) is 11.1. The highest BCUT2D eigenvalue weighted by Crippen LogP contribution is 2.20. The molecule has 2 aromatic rings. The van der Waals surface area contributed by atoms with Crippen molar-refractivity contribution in [3.05, 3.63) is 70.5 Å². The molecule has 0 aromatic heterocycles. The first kappa shape index (κ1) is 24.6. The number of amides is 2. The molecular formula is C25H30ClFN2O2S. The predicted molar refractivity (Wildman–Crippen MR) is 129 cm³/mol. The van der Waals surface area contributed by atoms with Gasteiger partial charge < -0.3 is 10.2 Å². The van der Waals surface area contributed by atoms with Crippen LogP contribution in [0.1, 0.15) is 50.2 Å². The van der Waals surface area contributed by atoms with Gasteiger partial charge in [0.05, 0.1) is 5.75 Å². The Labute approximate surface area is 198 Å². The highest BCUT2D eigenvalue weighted by molar-refractivity contribution is 7.99. The fraction of sp³-hybridized carbons (Fsp3) is 0.440. The van der Waals surface area contributed by atoms with Crippen LogP contribution in [0.15, 0.2) is 48.5 Å². The van der Waals surface area contributed by atoms with Crippen molar-refractivity contribution in [3.8, 4) is 0 Å². The van der Waals surface area contributed by atoms with Gasteiger partial charge in [-0.25, -0.2) is 4.39 Å². The van der Waals surface area contributed by atoms with Gasteiger partial charge in [0.1, 0.15) is 11.9 Å². The van der Waals surface area contributed by atoms with Crippen LogP contribution in [0.4, 0.5) is 4.39 Å². The lowest BCUT2D eigenvalue weighted by Gasteiger charge is -2.31. The average Bonchev–Trinajstić information content (AvgIpc) is 2.79. The van der Waals surface area contributed by atoms with E-state index in [0.717, 1.165) is 36.8 Å². The second kappa shape index (κ2) is 12.3. The number of hydrogen-bond donors (Lipinski definition) is 1. The average molecular weight is 477 g/mol. The third-order valence-corrected chi connectivity index (χ3v) is 6.99. The van der Waals surface area contributed by atoms with Gasteiger partial charge in [-0.15, -0.1) is 11.8 Å². The number of carbonyl (C=O) groups is 2. The molecule has 2 amide bonds. The monoisotopic (exact) mass is 476 g/mol. The number of nitrogens with one attached hydrogen (secondary N) is 1. The van der Waals surface area contributed by atoms with Crippen molar-refractivity contribution in [2.75, 3.05) is 5.75 Å². The molecule has 1 saturated carbocycles. The highest BCUT2D eigenvalue weighted by atomic mass is 35.5. The molecule has 1 aliphatic rings. The molecule has 0 aliphatic heterocycles. The maximum atomic E-state index is 13.1. The molecule has 0 spiro atoms. The zero-order valence-electron chi connectivity index (χ0n) is 18.4. The largest absolute Gasteiger partial charge is 0.352 e. The molecule has 0 radical (unpaired) electrons. The number of benzene rings is 2. The van der Waals surface area contributed by atoms with E-state index < -0.39 is 6.04 Å². The maximum Gasteiger partial charge on any atom is 0.242 e. The lowest BCUT2D eigenvalue weighted by atomic mass is 9.95. The minimum absolute atomic E-state index is 0.108. The normalized spacial score (nSPS) is 15.2. The zero-order chi connectivity index (χ0) is 22.9. The SMILES string of the molecule is C[C@H](C(=O)NC1CCCCC1)N(Cc1cccc(Cl)c1)C(=O)CSCc1ccc(F)cc1. The molecule has 0 heterocycles. The molecule has 1 fully saturated rings. The van der Waals surface area contributed by atoms with Crippen molar-refractivity contribution in [3.63, 3.8) is 0 Å². The summed E-state index contributed by atoms with van der Waals surface area (Å²) >= 11 is 7.58. The number of nitrogens with zero attached hydrogens (tertiary/aromatic N) is 1. The number of halogens is 2. The van der Waals surface area contributed by atoms with Gasteiger partial charge in [-0.3, -0.25) is 9.59 Å². The summed E-state index contributed by atoms with van der Waals surface area (Å²) in [5.74, 6) is 0.332. The molecule has 32 heavy (non-hydrogen) atoms. The number of carbonyl (C=O) groups excluding carboxylic acids is 2. The van der Waals surface area contributed by atoms with Crippen LogP contribution >= 0.6 is 23.4 Å². The minimum Gasteiger partial charge on any atom is -0.352 e. The Morgan fingerprint density at radius 1 is 1.12 bits per heavy atom. The summed E-state index contributed by atoms with van der Waals surface area (Å²) in [6, 6.07) is 13.2. The van der Waals surface area contributed by atoms with E-state index in [4.69, 9.17) is 11.6 Å². The van der Waals surface area contributed by atoms with E-state index in [-0.39, 0.29) is 29.4 Å². The summed E-state index contributed by atoms with van der Waals surface area (Å²) in [6.07, 6.45) is 5.46. The van der Waals surface area contributed by atoms with E-state index in [9.17, 15) is 14.0 Å². The molecule has 1 atom stereocenters. The summed E-state index contributed by atoms with van der Waals surface area (Å²) in [6.45, 7) is 2.10. The molecule has 0 saturated heterocycles. The van der Waals surface area contributed by atoms with E-state index in [1.165, 1.54) is 30.3 Å². The zero-order valence-corrected chi connectivity index (χ0v) is 19.9. The first-order chi connectivity index (χ1) is 15.4. The number of thioether (sulfide) groups is 1. The maximum absolute atomic E-state index is 13.1. The van der Waals surface area contributed by atoms with Gasteiger partial charge in [0.25, 0.3) is 0 Å². The predicted octanol–water partition coefficient (Wildman–Crippen LogP) is 5.58. The molecule has 172 valence electrons. The van der Waals surface area contributed by atoms with Crippen LogP contribution in [0.25, 0.3) is 0 Å². The third-order valence-electron chi connectivity index (χ3n) is 5.77. The molecule has 2 aromatic carbocycles. The van der Waals surface area contributed by atoms with Crippen LogP contribution in [0.5, 0.6) is 0 Å². The lowest BCUT2D eigenvalue weighted by Crippen LogP contribution is -2.50. The summed E-state index contributed by atoms with van der Waals surface area (Å²) in [4.78, 5) is 27.7. The van der Waals surface area contributed by atoms with Gasteiger partial charge >= 0.3 is 0 Å². The van der Waals surface area contributed by atoms with Crippen LogP contribution in [0.3, 0.4) is 0 Å². The van der Waals surface area contributed by atoms with E-state index in [1.54, 1.807) is 30.0 Å². The first-order valence-corrected chi connectivity index (χ1v) is 12.6. The molecule has 4 nitrogen and oxygen atoms in total. The molecule has 7 heteroatoms. The minimum atomic E-state index is -0.588. The van der Waals surface area contributed by atoms with Gasteiger partial charge in [0.2, 0.25) is 11.8 Å². The fourth-order valence-corrected chi connectivity index (χ4v) is 4.99. The highest BCUT2D eigenvalue weighted by Gasteiger charge is 2.28. The van der Waals surface area contributed by atoms with Crippen LogP contribution in [0, 0.1) is 5.82 Å². The molecule has 1 N–H and O–H groups in total. The summed E-state index contributed by atoms with van der Waals surface area (Å²) in [7, 11) is 0. The quantitative estimate of drug-likeness (QED) is 0.514. The molecule has 3 rings (SSSR count). The second-order valence-electron chi connectivity index (χ2n) is 8.29. The Hall–Kier alpha value is -2.05. The van der Waals surface area contributed by atoms with Gasteiger partial charge in [-0.1, -0.05) is 55.1 Å². The third kappa shape index (κ3) is 7.52. The van der Waals surface area contributed by atoms with Gasteiger partial charge in [0.15, 0.2) is 0 Å². The smallest absolute Gasteiger partial charge is 0.242 e. The van der Waals surface area contributed by atoms with E-state index >= 15 is 0 Å². The van der Waals surface area contributed by atoms with Crippen LogP contribution in [-0.4, -0.2) is 34.6 Å². The van der Waals surface area contributed by atoms with E-state index in [1.807, 2.05) is 18.2 Å². The van der Waals surface area contributed by atoms with E-state index in [2.05, 4.69) is 5.32 Å². The molecule has 1 aliphatic carbocycles. The molecule has 0 unspecified atom stereocenters. The number of rotatable bonds is 9.